The molecule has 0 fully saturated rings. The second-order valence-corrected chi connectivity index (χ2v) is 7.32. The van der Waals surface area contributed by atoms with E-state index in [1.54, 1.807) is 11.3 Å². The number of thiazole rings is 1. The highest BCUT2D eigenvalue weighted by Gasteiger charge is 2.14. The van der Waals surface area contributed by atoms with Crippen LogP contribution >= 0.6 is 27.3 Å². The van der Waals surface area contributed by atoms with Gasteiger partial charge >= 0.3 is 0 Å². The van der Waals surface area contributed by atoms with Crippen LogP contribution in [0.2, 0.25) is 0 Å². The molecule has 0 saturated heterocycles. The predicted molar refractivity (Wildman–Crippen MR) is 78.4 cm³/mol. The molecule has 0 aliphatic heterocycles. The Kier molecular flexibility index (Phi) is 3.27. The topological polar surface area (TPSA) is 38.9 Å². The van der Waals surface area contributed by atoms with E-state index in [-0.39, 0.29) is 5.41 Å². The quantitative estimate of drug-likeness (QED) is 0.845. The number of anilines is 1. The molecule has 17 heavy (non-hydrogen) atoms. The average Bonchev–Trinajstić information content (AvgIpc) is 2.58. The van der Waals surface area contributed by atoms with E-state index in [0.717, 1.165) is 14.4 Å². The fourth-order valence-corrected chi connectivity index (χ4v) is 2.82. The van der Waals surface area contributed by atoms with Gasteiger partial charge in [0, 0.05) is 5.56 Å². The molecule has 0 spiro atoms. The van der Waals surface area contributed by atoms with Crippen molar-refractivity contribution in [3.63, 3.8) is 0 Å². The van der Waals surface area contributed by atoms with Crippen LogP contribution in [0.3, 0.4) is 0 Å². The molecule has 2 rings (SSSR count). The second-order valence-electron chi connectivity index (χ2n) is 5.01. The number of nitrogens with zero attached hydrogens (tertiary/aromatic N) is 1. The summed E-state index contributed by atoms with van der Waals surface area (Å²) in [6, 6.07) is 8.51. The number of hydrogen-bond donors (Lipinski definition) is 1. The van der Waals surface area contributed by atoms with Gasteiger partial charge in [0.05, 0.1) is 0 Å². The van der Waals surface area contributed by atoms with Crippen molar-refractivity contribution < 1.29 is 0 Å². The summed E-state index contributed by atoms with van der Waals surface area (Å²) in [4.78, 5) is 4.32. The molecule has 0 bridgehead atoms. The molecule has 0 atom stereocenters. The molecule has 2 N–H and O–H groups in total. The first-order chi connectivity index (χ1) is 7.88. The lowest BCUT2D eigenvalue weighted by Crippen LogP contribution is -2.10. The largest absolute Gasteiger partial charge is 0.382 e. The summed E-state index contributed by atoms with van der Waals surface area (Å²) in [7, 11) is 0. The standard InChI is InChI=1S/C13H15BrN2S/c1-13(2,3)9-6-4-8(5-7-9)12-16-11(15)10(14)17-12/h4-7H,15H2,1-3H3. The van der Waals surface area contributed by atoms with Crippen LogP contribution in [-0.4, -0.2) is 4.98 Å². The molecule has 0 amide bonds. The predicted octanol–water partition coefficient (Wildman–Crippen LogP) is 4.45. The Balaban J connectivity index is 2.36. The van der Waals surface area contributed by atoms with Gasteiger partial charge in [-0.05, 0) is 26.9 Å². The summed E-state index contributed by atoms with van der Waals surface area (Å²) in [5, 5.41) is 0.954. The maximum Gasteiger partial charge on any atom is 0.149 e. The Hall–Kier alpha value is -0.870. The normalized spacial score (nSPS) is 11.8. The zero-order valence-corrected chi connectivity index (χ0v) is 12.5. The SMILES string of the molecule is CC(C)(C)c1ccc(-c2nc(N)c(Br)s2)cc1. The van der Waals surface area contributed by atoms with Crippen molar-refractivity contribution >= 4 is 33.1 Å². The highest BCUT2D eigenvalue weighted by atomic mass is 79.9. The molecule has 0 aliphatic carbocycles. The van der Waals surface area contributed by atoms with E-state index in [0.29, 0.717) is 5.82 Å². The Morgan fingerprint density at radius 2 is 1.76 bits per heavy atom. The van der Waals surface area contributed by atoms with Gasteiger partial charge in [-0.1, -0.05) is 45.0 Å². The Morgan fingerprint density at radius 1 is 1.18 bits per heavy atom. The maximum atomic E-state index is 5.73. The minimum absolute atomic E-state index is 0.182. The molecular formula is C13H15BrN2S. The molecule has 1 aromatic heterocycles. The molecule has 0 aliphatic rings. The molecule has 1 aromatic carbocycles. The van der Waals surface area contributed by atoms with Crippen molar-refractivity contribution in [2.24, 2.45) is 0 Å². The van der Waals surface area contributed by atoms with Crippen LogP contribution < -0.4 is 5.73 Å². The zero-order valence-electron chi connectivity index (χ0n) is 10.1. The Bertz CT molecular complexity index is 504. The fourth-order valence-electron chi connectivity index (χ4n) is 1.55. The van der Waals surface area contributed by atoms with E-state index in [9.17, 15) is 0 Å². The van der Waals surface area contributed by atoms with Gasteiger partial charge in [-0.25, -0.2) is 4.98 Å². The van der Waals surface area contributed by atoms with Gasteiger partial charge in [-0.15, -0.1) is 11.3 Å². The minimum atomic E-state index is 0.182. The van der Waals surface area contributed by atoms with E-state index in [2.05, 4.69) is 66.0 Å². The third kappa shape index (κ3) is 2.69. The van der Waals surface area contributed by atoms with Gasteiger partial charge < -0.3 is 5.73 Å². The summed E-state index contributed by atoms with van der Waals surface area (Å²) < 4.78 is 0.896. The Morgan fingerprint density at radius 3 is 2.18 bits per heavy atom. The number of nitrogen functional groups attached to an aromatic ring is 1. The van der Waals surface area contributed by atoms with Gasteiger partial charge in [0.2, 0.25) is 0 Å². The lowest BCUT2D eigenvalue weighted by Gasteiger charge is -2.18. The summed E-state index contributed by atoms with van der Waals surface area (Å²) >= 11 is 4.95. The lowest BCUT2D eigenvalue weighted by molar-refractivity contribution is 0.590. The highest BCUT2D eigenvalue weighted by molar-refractivity contribution is 9.11. The van der Waals surface area contributed by atoms with Crippen LogP contribution in [0.5, 0.6) is 0 Å². The number of hydrogen-bond acceptors (Lipinski definition) is 3. The van der Waals surface area contributed by atoms with Crippen LogP contribution in [0.25, 0.3) is 10.6 Å². The zero-order chi connectivity index (χ0) is 12.6. The van der Waals surface area contributed by atoms with Gasteiger partial charge in [0.1, 0.15) is 14.6 Å². The monoisotopic (exact) mass is 310 g/mol. The lowest BCUT2D eigenvalue weighted by atomic mass is 9.87. The van der Waals surface area contributed by atoms with Crippen molar-refractivity contribution in [3.8, 4) is 10.6 Å². The second kappa shape index (κ2) is 4.42. The molecular weight excluding hydrogens is 296 g/mol. The first-order valence-corrected chi connectivity index (χ1v) is 7.01. The minimum Gasteiger partial charge on any atom is -0.382 e. The molecule has 4 heteroatoms. The molecule has 0 radical (unpaired) electrons. The van der Waals surface area contributed by atoms with Gasteiger partial charge in [-0.3, -0.25) is 0 Å². The van der Waals surface area contributed by atoms with Crippen LogP contribution in [0, 0.1) is 0 Å². The number of rotatable bonds is 1. The molecule has 2 aromatic rings. The maximum absolute atomic E-state index is 5.73. The molecule has 0 unspecified atom stereocenters. The number of benzene rings is 1. The molecule has 2 nitrogen and oxygen atoms in total. The molecule has 90 valence electrons. The summed E-state index contributed by atoms with van der Waals surface area (Å²) in [5.74, 6) is 0.560. The van der Waals surface area contributed by atoms with Crippen molar-refractivity contribution in [1.29, 1.82) is 0 Å². The number of aromatic nitrogens is 1. The van der Waals surface area contributed by atoms with E-state index in [4.69, 9.17) is 5.73 Å². The number of nitrogens with two attached hydrogens (primary N) is 1. The van der Waals surface area contributed by atoms with E-state index in [1.165, 1.54) is 5.56 Å². The average molecular weight is 311 g/mol. The van der Waals surface area contributed by atoms with Crippen molar-refractivity contribution in [2.75, 3.05) is 5.73 Å². The first kappa shape index (κ1) is 12.6. The van der Waals surface area contributed by atoms with Crippen molar-refractivity contribution in [2.45, 2.75) is 26.2 Å². The smallest absolute Gasteiger partial charge is 0.149 e. The van der Waals surface area contributed by atoms with E-state index < -0.39 is 0 Å². The van der Waals surface area contributed by atoms with Gasteiger partial charge in [0.15, 0.2) is 0 Å². The molecule has 1 heterocycles. The Labute approximate surface area is 114 Å². The molecule has 0 saturated carbocycles. The van der Waals surface area contributed by atoms with Crippen molar-refractivity contribution in [3.05, 3.63) is 33.6 Å². The van der Waals surface area contributed by atoms with Crippen LogP contribution in [-0.2, 0) is 5.41 Å². The summed E-state index contributed by atoms with van der Waals surface area (Å²) in [6.45, 7) is 6.62. The highest BCUT2D eigenvalue weighted by Crippen LogP contribution is 2.34. The van der Waals surface area contributed by atoms with Crippen molar-refractivity contribution in [1.82, 2.24) is 4.98 Å². The van der Waals surface area contributed by atoms with E-state index >= 15 is 0 Å². The third-order valence-electron chi connectivity index (χ3n) is 2.61. The summed E-state index contributed by atoms with van der Waals surface area (Å²) in [6.07, 6.45) is 0. The first-order valence-electron chi connectivity index (χ1n) is 5.40. The van der Waals surface area contributed by atoms with Crippen LogP contribution in [0.15, 0.2) is 28.1 Å². The van der Waals surface area contributed by atoms with Crippen LogP contribution in [0.4, 0.5) is 5.82 Å². The fraction of sp³-hybridized carbons (Fsp3) is 0.308. The summed E-state index contributed by atoms with van der Waals surface area (Å²) in [5.41, 5.74) is 8.35. The van der Waals surface area contributed by atoms with Gasteiger partial charge in [0.25, 0.3) is 0 Å². The van der Waals surface area contributed by atoms with Gasteiger partial charge in [-0.2, -0.15) is 0 Å². The number of halogens is 1. The third-order valence-corrected chi connectivity index (χ3v) is 4.41. The van der Waals surface area contributed by atoms with E-state index in [1.807, 2.05) is 0 Å². The van der Waals surface area contributed by atoms with Crippen LogP contribution in [0.1, 0.15) is 26.3 Å².